The van der Waals surface area contributed by atoms with Crippen molar-refractivity contribution in [1.82, 2.24) is 29.9 Å². The molecule has 1 aliphatic rings. The Hall–Kier alpha value is -3.70. The van der Waals surface area contributed by atoms with E-state index in [-0.39, 0.29) is 11.1 Å². The summed E-state index contributed by atoms with van der Waals surface area (Å²) in [6.07, 6.45) is 6.70. The molecule has 1 aromatic carbocycles. The summed E-state index contributed by atoms with van der Waals surface area (Å²) in [4.78, 5) is 18.6. The molecule has 4 N–H and O–H groups in total. The minimum Gasteiger partial charge on any atom is -0.465 e. The van der Waals surface area contributed by atoms with Crippen molar-refractivity contribution in [3.05, 3.63) is 59.8 Å². The Morgan fingerprint density at radius 1 is 1.23 bits per heavy atom. The van der Waals surface area contributed by atoms with Gasteiger partial charge >= 0.3 is 6.09 Å². The van der Waals surface area contributed by atoms with Crippen LogP contribution in [0.15, 0.2) is 48.9 Å². The number of aromatic nitrogens is 5. The minimum atomic E-state index is -0.963. The van der Waals surface area contributed by atoms with Crippen LogP contribution in [0.4, 0.5) is 21.0 Å². The highest BCUT2D eigenvalue weighted by atomic mass is 35.5. The number of anilines is 2. The SMILES string of the molecule is C1CCOC1.CC(C)NC(=O)O.Fc1ccc(-c2cc3nccn3c(Nc3ccn[nH]3)n2)cc1Cl. The number of carbonyl (C=O) groups is 1. The molecule has 1 amide bonds. The molecule has 10 nitrogen and oxygen atoms in total. The van der Waals surface area contributed by atoms with E-state index < -0.39 is 11.9 Å². The molecule has 0 spiro atoms. The summed E-state index contributed by atoms with van der Waals surface area (Å²) >= 11 is 5.86. The number of hydrogen-bond acceptors (Lipinski definition) is 6. The molecule has 0 unspecified atom stereocenters. The number of rotatable bonds is 4. The second kappa shape index (κ2) is 12.7. The highest BCUT2D eigenvalue weighted by Crippen LogP contribution is 2.26. The third kappa shape index (κ3) is 7.94. The van der Waals surface area contributed by atoms with Crippen molar-refractivity contribution in [3.8, 4) is 11.3 Å². The first-order valence-electron chi connectivity index (χ1n) is 11.0. The molecule has 12 heteroatoms. The van der Waals surface area contributed by atoms with Crippen LogP contribution < -0.4 is 10.6 Å². The smallest absolute Gasteiger partial charge is 0.404 e. The molecular weight excluding hydrogens is 477 g/mol. The van der Waals surface area contributed by atoms with Gasteiger partial charge in [-0.3, -0.25) is 9.50 Å². The average molecular weight is 504 g/mol. The van der Waals surface area contributed by atoms with Crippen LogP contribution in [-0.2, 0) is 4.74 Å². The van der Waals surface area contributed by atoms with E-state index in [0.29, 0.717) is 28.7 Å². The van der Waals surface area contributed by atoms with Gasteiger partial charge < -0.3 is 20.5 Å². The molecule has 0 aliphatic carbocycles. The van der Waals surface area contributed by atoms with Crippen molar-refractivity contribution >= 4 is 35.1 Å². The number of nitrogens with one attached hydrogen (secondary N) is 3. The summed E-state index contributed by atoms with van der Waals surface area (Å²) in [6, 6.07) is 8.10. The van der Waals surface area contributed by atoms with Gasteiger partial charge in [-0.1, -0.05) is 11.6 Å². The lowest BCUT2D eigenvalue weighted by atomic mass is 10.1. The first kappa shape index (κ1) is 25.9. The fourth-order valence-electron chi connectivity index (χ4n) is 3.02. The molecule has 0 radical (unpaired) electrons. The van der Waals surface area contributed by atoms with Gasteiger partial charge in [0, 0.05) is 49.3 Å². The van der Waals surface area contributed by atoms with Crippen LogP contribution in [0.3, 0.4) is 0 Å². The van der Waals surface area contributed by atoms with E-state index in [2.05, 4.69) is 30.8 Å². The number of hydrogen-bond donors (Lipinski definition) is 4. The lowest BCUT2D eigenvalue weighted by Crippen LogP contribution is -2.27. The fraction of sp³-hybridized carbons (Fsp3) is 0.304. The summed E-state index contributed by atoms with van der Waals surface area (Å²) in [7, 11) is 0. The Morgan fingerprint density at radius 2 is 2.00 bits per heavy atom. The Bertz CT molecular complexity index is 1220. The van der Waals surface area contributed by atoms with Crippen LogP contribution in [0.5, 0.6) is 0 Å². The van der Waals surface area contributed by atoms with Crippen molar-refractivity contribution in [2.45, 2.75) is 32.7 Å². The quantitative estimate of drug-likeness (QED) is 0.304. The number of carboxylic acid groups (broad SMARTS) is 1. The number of ether oxygens (including phenoxy) is 1. The van der Waals surface area contributed by atoms with E-state index in [1.807, 2.05) is 6.07 Å². The third-order valence-electron chi connectivity index (χ3n) is 4.59. The normalized spacial score (nSPS) is 12.5. The number of benzene rings is 1. The van der Waals surface area contributed by atoms with Crippen LogP contribution in [0.1, 0.15) is 26.7 Å². The van der Waals surface area contributed by atoms with Crippen molar-refractivity contribution in [1.29, 1.82) is 0 Å². The van der Waals surface area contributed by atoms with Crippen LogP contribution in [-0.4, -0.2) is 55.0 Å². The van der Waals surface area contributed by atoms with E-state index in [1.54, 1.807) is 55.0 Å². The predicted octanol–water partition coefficient (Wildman–Crippen LogP) is 5.11. The van der Waals surface area contributed by atoms with Crippen molar-refractivity contribution in [2.75, 3.05) is 18.5 Å². The number of imidazole rings is 1. The van der Waals surface area contributed by atoms with Crippen LogP contribution in [0.2, 0.25) is 5.02 Å². The average Bonchev–Trinajstić information content (AvgIpc) is 3.59. The van der Waals surface area contributed by atoms with E-state index in [4.69, 9.17) is 21.4 Å². The van der Waals surface area contributed by atoms with Crippen LogP contribution in [0, 0.1) is 5.82 Å². The molecule has 0 bridgehead atoms. The second-order valence-corrected chi connectivity index (χ2v) is 8.18. The molecule has 4 aromatic rings. The first-order valence-corrected chi connectivity index (χ1v) is 11.3. The third-order valence-corrected chi connectivity index (χ3v) is 4.88. The molecule has 35 heavy (non-hydrogen) atoms. The Morgan fingerprint density at radius 3 is 2.54 bits per heavy atom. The number of halogens is 2. The summed E-state index contributed by atoms with van der Waals surface area (Å²) in [6.45, 7) is 5.54. The molecule has 0 saturated carbocycles. The van der Waals surface area contributed by atoms with Gasteiger partial charge in [-0.25, -0.2) is 19.2 Å². The predicted molar refractivity (Wildman–Crippen MR) is 132 cm³/mol. The highest BCUT2D eigenvalue weighted by Gasteiger charge is 2.11. The zero-order valence-corrected chi connectivity index (χ0v) is 20.1. The molecule has 186 valence electrons. The molecule has 1 saturated heterocycles. The number of H-pyrrole nitrogens is 1. The van der Waals surface area contributed by atoms with E-state index >= 15 is 0 Å². The first-order chi connectivity index (χ1) is 16.8. The Kier molecular flexibility index (Phi) is 9.39. The number of nitrogens with zero attached hydrogens (tertiary/aromatic N) is 4. The van der Waals surface area contributed by atoms with Gasteiger partial charge in [-0.15, -0.1) is 0 Å². The van der Waals surface area contributed by atoms with Gasteiger partial charge in [0.25, 0.3) is 0 Å². The van der Waals surface area contributed by atoms with Crippen LogP contribution in [0.25, 0.3) is 16.9 Å². The van der Waals surface area contributed by atoms with E-state index in [0.717, 1.165) is 13.2 Å². The maximum atomic E-state index is 13.4. The van der Waals surface area contributed by atoms with Gasteiger partial charge in [0.15, 0.2) is 0 Å². The zero-order chi connectivity index (χ0) is 25.2. The summed E-state index contributed by atoms with van der Waals surface area (Å²) in [5, 5.41) is 20.1. The molecule has 1 fully saturated rings. The molecule has 0 atom stereocenters. The minimum absolute atomic E-state index is 0.0255. The maximum absolute atomic E-state index is 13.4. The summed E-state index contributed by atoms with van der Waals surface area (Å²) < 4.78 is 20.1. The molecule has 1 aliphatic heterocycles. The lowest BCUT2D eigenvalue weighted by Gasteiger charge is -2.09. The fourth-order valence-corrected chi connectivity index (χ4v) is 3.20. The standard InChI is InChI=1S/C15H10ClFN6.C4H9NO2.C4H8O/c16-10-7-9(1-2-11(10)17)12-8-14-18-5-6-23(14)15(20-12)21-13-3-4-19-22-13;1-3(2)5-4(6)7;1-2-4-5-3-1/h1-8H,(H2,19,20,21,22);3,5H,1-2H3,(H,6,7);1-4H2. The van der Waals surface area contributed by atoms with Crippen molar-refractivity contribution in [2.24, 2.45) is 0 Å². The molecule has 3 aromatic heterocycles. The number of aromatic amines is 1. The highest BCUT2D eigenvalue weighted by molar-refractivity contribution is 6.31. The van der Waals surface area contributed by atoms with Gasteiger partial charge in [0.1, 0.15) is 17.3 Å². The van der Waals surface area contributed by atoms with E-state index in [1.165, 1.54) is 18.9 Å². The molecular formula is C23H27ClFN7O3. The second-order valence-electron chi connectivity index (χ2n) is 7.77. The topological polar surface area (TPSA) is 129 Å². The Balaban J connectivity index is 0.000000236. The Labute approximate surface area is 206 Å². The van der Waals surface area contributed by atoms with Gasteiger partial charge in [-0.2, -0.15) is 5.10 Å². The number of fused-ring (bicyclic) bond motifs is 1. The maximum Gasteiger partial charge on any atom is 0.404 e. The molecule has 4 heterocycles. The van der Waals surface area contributed by atoms with Gasteiger partial charge in [-0.05, 0) is 44.9 Å². The number of amides is 1. The zero-order valence-electron chi connectivity index (χ0n) is 19.3. The summed E-state index contributed by atoms with van der Waals surface area (Å²) in [5.74, 6) is 0.787. The summed E-state index contributed by atoms with van der Waals surface area (Å²) in [5.41, 5.74) is 2.04. The largest absolute Gasteiger partial charge is 0.465 e. The monoisotopic (exact) mass is 503 g/mol. The van der Waals surface area contributed by atoms with Gasteiger partial charge in [0.2, 0.25) is 5.95 Å². The van der Waals surface area contributed by atoms with E-state index in [9.17, 15) is 9.18 Å². The van der Waals surface area contributed by atoms with Gasteiger partial charge in [0.05, 0.1) is 16.9 Å². The molecule has 5 rings (SSSR count). The van der Waals surface area contributed by atoms with Crippen LogP contribution >= 0.6 is 11.6 Å². The lowest BCUT2D eigenvalue weighted by molar-refractivity contribution is 0.191. The van der Waals surface area contributed by atoms with Crippen molar-refractivity contribution in [3.63, 3.8) is 0 Å². The van der Waals surface area contributed by atoms with Crippen molar-refractivity contribution < 1.29 is 19.0 Å².